The average molecular weight is 417 g/mol. The molecular weight excluding hydrogens is 399 g/mol. The molecule has 3 aromatic rings. The quantitative estimate of drug-likeness (QED) is 0.472. The van der Waals surface area contributed by atoms with Gasteiger partial charge in [-0.05, 0) is 29.8 Å². The van der Waals surface area contributed by atoms with Gasteiger partial charge in [0.1, 0.15) is 5.82 Å². The van der Waals surface area contributed by atoms with Gasteiger partial charge in [0.25, 0.3) is 5.91 Å². The van der Waals surface area contributed by atoms with Crippen LogP contribution >= 0.6 is 11.6 Å². The number of rotatable bonds is 7. The zero-order chi connectivity index (χ0) is 21.0. The molecule has 5 N–H and O–H groups in total. The molecule has 0 spiro atoms. The van der Waals surface area contributed by atoms with Crippen molar-refractivity contribution in [1.29, 1.82) is 0 Å². The van der Waals surface area contributed by atoms with E-state index in [0.717, 1.165) is 0 Å². The van der Waals surface area contributed by atoms with Crippen LogP contribution in [0.4, 0.5) is 4.39 Å². The number of amides is 2. The molecular formula is C20H18ClFN4O3. The zero-order valence-electron chi connectivity index (χ0n) is 15.2. The molecule has 2 amide bonds. The minimum atomic E-state index is -1.52. The summed E-state index contributed by atoms with van der Waals surface area (Å²) in [6.45, 7) is -0.616. The van der Waals surface area contributed by atoms with Gasteiger partial charge in [-0.15, -0.1) is 0 Å². The smallest absolute Gasteiger partial charge is 0.255 e. The van der Waals surface area contributed by atoms with Gasteiger partial charge in [0.05, 0.1) is 36.0 Å². The van der Waals surface area contributed by atoms with Gasteiger partial charge in [-0.1, -0.05) is 35.9 Å². The summed E-state index contributed by atoms with van der Waals surface area (Å²) in [5, 5.41) is 19.6. The van der Waals surface area contributed by atoms with Gasteiger partial charge in [0.2, 0.25) is 5.91 Å². The highest BCUT2D eigenvalue weighted by Crippen LogP contribution is 2.29. The number of nitrogens with zero attached hydrogens (tertiary/aromatic N) is 1. The van der Waals surface area contributed by atoms with Crippen molar-refractivity contribution in [2.45, 2.75) is 12.0 Å². The predicted molar refractivity (Wildman–Crippen MR) is 105 cm³/mol. The predicted octanol–water partition coefficient (Wildman–Crippen LogP) is 2.36. The molecule has 0 aliphatic rings. The fourth-order valence-electron chi connectivity index (χ4n) is 3.10. The summed E-state index contributed by atoms with van der Waals surface area (Å²) in [5.41, 5.74) is 4.61. The summed E-state index contributed by atoms with van der Waals surface area (Å²) >= 11 is 6.04. The number of benzene rings is 2. The van der Waals surface area contributed by atoms with Gasteiger partial charge in [-0.25, -0.2) is 4.39 Å². The summed E-state index contributed by atoms with van der Waals surface area (Å²) in [5.74, 6) is -1.95. The Kier molecular flexibility index (Phi) is 5.95. The third-order valence-corrected chi connectivity index (χ3v) is 4.74. The normalized spacial score (nSPS) is 12.9. The molecule has 0 saturated carbocycles. The number of aliphatic hydroxyl groups is 1. The lowest BCUT2D eigenvalue weighted by molar-refractivity contribution is -0.120. The van der Waals surface area contributed by atoms with Crippen molar-refractivity contribution in [2.75, 3.05) is 6.61 Å². The minimum absolute atomic E-state index is 0.0411. The van der Waals surface area contributed by atoms with Crippen molar-refractivity contribution in [3.8, 4) is 11.3 Å². The van der Waals surface area contributed by atoms with Crippen LogP contribution in [-0.2, 0) is 10.3 Å². The molecule has 0 fully saturated rings. The second-order valence-corrected chi connectivity index (χ2v) is 6.92. The van der Waals surface area contributed by atoms with Gasteiger partial charge in [-0.2, -0.15) is 5.10 Å². The number of carbonyl (C=O) groups is 2. The lowest BCUT2D eigenvalue weighted by atomic mass is 9.86. The molecule has 9 heteroatoms. The van der Waals surface area contributed by atoms with Crippen LogP contribution in [0, 0.1) is 5.82 Å². The molecule has 0 unspecified atom stereocenters. The molecule has 2 aromatic carbocycles. The van der Waals surface area contributed by atoms with Crippen molar-refractivity contribution in [1.82, 2.24) is 15.5 Å². The second-order valence-electron chi connectivity index (χ2n) is 6.49. The molecule has 0 saturated heterocycles. The monoisotopic (exact) mass is 416 g/mol. The average Bonchev–Trinajstić information content (AvgIpc) is 3.17. The first-order chi connectivity index (χ1) is 13.9. The number of aliphatic hydroxyl groups excluding tert-OH is 1. The van der Waals surface area contributed by atoms with Crippen LogP contribution in [0.15, 0.2) is 54.7 Å². The van der Waals surface area contributed by atoms with E-state index in [1.54, 1.807) is 24.3 Å². The minimum Gasteiger partial charge on any atom is -0.394 e. The third-order valence-electron chi connectivity index (χ3n) is 4.50. The molecule has 0 aliphatic carbocycles. The lowest BCUT2D eigenvalue weighted by Crippen LogP contribution is -2.51. The van der Waals surface area contributed by atoms with E-state index < -0.39 is 29.8 Å². The number of hydrogen-bond donors (Lipinski definition) is 4. The van der Waals surface area contributed by atoms with Crippen LogP contribution in [0.1, 0.15) is 22.3 Å². The van der Waals surface area contributed by atoms with E-state index in [0.29, 0.717) is 10.6 Å². The first-order valence-corrected chi connectivity index (χ1v) is 9.00. The summed E-state index contributed by atoms with van der Waals surface area (Å²) in [6, 6.07) is 12.3. The first-order valence-electron chi connectivity index (χ1n) is 8.62. The Balaban J connectivity index is 2.02. The maximum atomic E-state index is 14.2. The van der Waals surface area contributed by atoms with E-state index in [2.05, 4.69) is 15.5 Å². The SMILES string of the molecule is NC(=O)C[C@](CO)(NC(=O)c1cn[nH]c1-c1ccccc1F)c1cccc(Cl)c1. The molecule has 0 aliphatic heterocycles. The summed E-state index contributed by atoms with van der Waals surface area (Å²) < 4.78 is 14.2. The van der Waals surface area contributed by atoms with Crippen molar-refractivity contribution < 1.29 is 19.1 Å². The van der Waals surface area contributed by atoms with E-state index in [9.17, 15) is 19.1 Å². The van der Waals surface area contributed by atoms with Crippen molar-refractivity contribution in [3.63, 3.8) is 0 Å². The number of nitrogens with one attached hydrogen (secondary N) is 2. The Morgan fingerprint density at radius 3 is 2.66 bits per heavy atom. The van der Waals surface area contributed by atoms with Crippen LogP contribution in [0.25, 0.3) is 11.3 Å². The van der Waals surface area contributed by atoms with Crippen LogP contribution in [-0.4, -0.2) is 33.7 Å². The van der Waals surface area contributed by atoms with Gasteiger partial charge < -0.3 is 16.2 Å². The number of hydrogen-bond acceptors (Lipinski definition) is 4. The Hall–Kier alpha value is -3.23. The van der Waals surface area contributed by atoms with E-state index >= 15 is 0 Å². The summed E-state index contributed by atoms with van der Waals surface area (Å²) in [4.78, 5) is 24.7. The molecule has 150 valence electrons. The Morgan fingerprint density at radius 2 is 2.00 bits per heavy atom. The van der Waals surface area contributed by atoms with E-state index in [1.807, 2.05) is 0 Å². The zero-order valence-corrected chi connectivity index (χ0v) is 15.9. The van der Waals surface area contributed by atoms with E-state index in [-0.39, 0.29) is 23.2 Å². The first kappa shape index (κ1) is 20.5. The number of aromatic nitrogens is 2. The molecule has 1 aromatic heterocycles. The fourth-order valence-corrected chi connectivity index (χ4v) is 3.29. The van der Waals surface area contributed by atoms with Crippen LogP contribution < -0.4 is 11.1 Å². The third kappa shape index (κ3) is 4.28. The van der Waals surface area contributed by atoms with Gasteiger partial charge in [-0.3, -0.25) is 14.7 Å². The van der Waals surface area contributed by atoms with Crippen molar-refractivity contribution in [2.24, 2.45) is 5.73 Å². The second kappa shape index (κ2) is 8.42. The van der Waals surface area contributed by atoms with E-state index in [4.69, 9.17) is 17.3 Å². The van der Waals surface area contributed by atoms with Gasteiger partial charge in [0.15, 0.2) is 0 Å². The molecule has 7 nitrogen and oxygen atoms in total. The topological polar surface area (TPSA) is 121 Å². The molecule has 29 heavy (non-hydrogen) atoms. The number of aromatic amines is 1. The number of primary amides is 1. The number of halogens is 2. The van der Waals surface area contributed by atoms with Crippen LogP contribution in [0.5, 0.6) is 0 Å². The Labute approximate surface area is 170 Å². The molecule has 0 bridgehead atoms. The highest BCUT2D eigenvalue weighted by Gasteiger charge is 2.36. The standard InChI is InChI=1S/C20H18ClFN4O3/c21-13-5-3-4-12(8-13)20(11-27,9-17(23)28)25-19(29)15-10-24-26-18(15)14-6-1-2-7-16(14)22/h1-8,10,27H,9,11H2,(H2,23,28)(H,24,26)(H,25,29)/t20-/m1/s1. The fraction of sp³-hybridized carbons (Fsp3) is 0.150. The van der Waals surface area contributed by atoms with Crippen LogP contribution in [0.2, 0.25) is 5.02 Å². The highest BCUT2D eigenvalue weighted by molar-refractivity contribution is 6.30. The van der Waals surface area contributed by atoms with Gasteiger partial charge in [0, 0.05) is 10.6 Å². The van der Waals surface area contributed by atoms with Crippen molar-refractivity contribution in [3.05, 3.63) is 76.7 Å². The number of carbonyl (C=O) groups excluding carboxylic acids is 2. The van der Waals surface area contributed by atoms with Gasteiger partial charge >= 0.3 is 0 Å². The lowest BCUT2D eigenvalue weighted by Gasteiger charge is -2.32. The maximum Gasteiger partial charge on any atom is 0.255 e. The molecule has 1 atom stereocenters. The largest absolute Gasteiger partial charge is 0.394 e. The Morgan fingerprint density at radius 1 is 1.24 bits per heavy atom. The summed E-state index contributed by atoms with van der Waals surface area (Å²) in [7, 11) is 0. The molecule has 0 radical (unpaired) electrons. The molecule has 1 heterocycles. The Bertz CT molecular complexity index is 1060. The van der Waals surface area contributed by atoms with Crippen molar-refractivity contribution >= 4 is 23.4 Å². The maximum absolute atomic E-state index is 14.2. The van der Waals surface area contributed by atoms with Crippen LogP contribution in [0.3, 0.4) is 0 Å². The number of H-pyrrole nitrogens is 1. The number of nitrogens with two attached hydrogens (primary N) is 1. The summed E-state index contributed by atoms with van der Waals surface area (Å²) in [6.07, 6.45) is 0.865. The molecule has 3 rings (SSSR count). The highest BCUT2D eigenvalue weighted by atomic mass is 35.5. The van der Waals surface area contributed by atoms with E-state index in [1.165, 1.54) is 30.5 Å².